The lowest BCUT2D eigenvalue weighted by Gasteiger charge is -2.07. The van der Waals surface area contributed by atoms with Crippen LogP contribution >= 0.6 is 39.0 Å². The number of hydrogen-bond acceptors (Lipinski definition) is 4. The number of halogens is 1. The minimum atomic E-state index is -0.838. The van der Waals surface area contributed by atoms with Crippen LogP contribution in [0.5, 0.6) is 0 Å². The zero-order valence-corrected chi connectivity index (χ0v) is 14.0. The van der Waals surface area contributed by atoms with Gasteiger partial charge in [-0.15, -0.1) is 0 Å². The number of hydrogen-bond donors (Lipinski definition) is 1. The summed E-state index contributed by atoms with van der Waals surface area (Å²) in [6, 6.07) is 7.96. The third-order valence-corrected chi connectivity index (χ3v) is 5.11. The van der Waals surface area contributed by atoms with Crippen molar-refractivity contribution in [1.82, 2.24) is 9.55 Å². The first-order valence-corrected chi connectivity index (χ1v) is 8.87. The van der Waals surface area contributed by atoms with Crippen molar-refractivity contribution in [3.8, 4) is 0 Å². The number of carboxylic acid groups (broad SMARTS) is 1. The average Bonchev–Trinajstić information content (AvgIpc) is 3.06. The highest BCUT2D eigenvalue weighted by Gasteiger charge is 2.13. The van der Waals surface area contributed by atoms with E-state index in [0.29, 0.717) is 6.54 Å². The molecule has 4 nitrogen and oxygen atoms in total. The Labute approximate surface area is 137 Å². The van der Waals surface area contributed by atoms with Crippen molar-refractivity contribution in [3.05, 3.63) is 45.1 Å². The summed E-state index contributed by atoms with van der Waals surface area (Å²) in [4.78, 5) is 15.4. The molecule has 0 aliphatic heterocycles. The van der Waals surface area contributed by atoms with Gasteiger partial charge in [0.25, 0.3) is 0 Å². The molecule has 0 bridgehead atoms. The minimum absolute atomic E-state index is 0.00806. The Morgan fingerprint density at radius 2 is 2.29 bits per heavy atom. The highest BCUT2D eigenvalue weighted by molar-refractivity contribution is 9.10. The molecule has 3 aromatic rings. The van der Waals surface area contributed by atoms with Crippen molar-refractivity contribution >= 4 is 56.0 Å². The van der Waals surface area contributed by atoms with Crippen molar-refractivity contribution < 1.29 is 9.90 Å². The van der Waals surface area contributed by atoms with Crippen LogP contribution in [0.2, 0.25) is 0 Å². The van der Waals surface area contributed by atoms with Crippen LogP contribution < -0.4 is 0 Å². The van der Waals surface area contributed by atoms with Gasteiger partial charge in [-0.05, 0) is 40.6 Å². The number of aromatic nitrogens is 2. The molecule has 2 aromatic heterocycles. The van der Waals surface area contributed by atoms with E-state index in [9.17, 15) is 4.79 Å². The Hall–Kier alpha value is -1.31. The normalized spacial score (nSPS) is 11.1. The lowest BCUT2D eigenvalue weighted by Crippen LogP contribution is -2.04. The molecule has 0 spiro atoms. The molecule has 21 heavy (non-hydrogen) atoms. The molecule has 7 heteroatoms. The molecule has 0 radical (unpaired) electrons. The van der Waals surface area contributed by atoms with E-state index in [0.717, 1.165) is 20.7 Å². The molecule has 0 aliphatic carbocycles. The van der Waals surface area contributed by atoms with Crippen molar-refractivity contribution in [2.24, 2.45) is 0 Å². The highest BCUT2D eigenvalue weighted by Crippen LogP contribution is 2.27. The van der Waals surface area contributed by atoms with E-state index >= 15 is 0 Å². The number of aliphatic carboxylic acids is 1. The number of fused-ring (bicyclic) bond motifs is 1. The van der Waals surface area contributed by atoms with Crippen LogP contribution in [0.25, 0.3) is 11.0 Å². The molecule has 3 rings (SSSR count). The molecule has 108 valence electrons. The van der Waals surface area contributed by atoms with E-state index in [1.54, 1.807) is 11.3 Å². The predicted molar refractivity (Wildman–Crippen MR) is 89.2 cm³/mol. The van der Waals surface area contributed by atoms with Gasteiger partial charge >= 0.3 is 5.97 Å². The van der Waals surface area contributed by atoms with Gasteiger partial charge in [0, 0.05) is 4.47 Å². The van der Waals surface area contributed by atoms with Gasteiger partial charge in [-0.3, -0.25) is 4.79 Å². The van der Waals surface area contributed by atoms with E-state index in [1.165, 1.54) is 17.3 Å². The fourth-order valence-corrected chi connectivity index (χ4v) is 3.77. The summed E-state index contributed by atoms with van der Waals surface area (Å²) in [6.45, 7) is 0.693. The molecule has 0 unspecified atom stereocenters. The monoisotopic (exact) mass is 382 g/mol. The van der Waals surface area contributed by atoms with Crippen LogP contribution in [-0.4, -0.2) is 26.4 Å². The largest absolute Gasteiger partial charge is 0.481 e. The van der Waals surface area contributed by atoms with Crippen molar-refractivity contribution in [3.63, 3.8) is 0 Å². The number of carboxylic acids is 1. The van der Waals surface area contributed by atoms with Gasteiger partial charge in [0.2, 0.25) is 0 Å². The first kappa shape index (κ1) is 14.6. The zero-order chi connectivity index (χ0) is 14.8. The average molecular weight is 383 g/mol. The maximum absolute atomic E-state index is 10.8. The lowest BCUT2D eigenvalue weighted by molar-refractivity contribution is -0.133. The smallest absolute Gasteiger partial charge is 0.313 e. The Morgan fingerprint density at radius 1 is 1.43 bits per heavy atom. The number of thioether (sulfide) groups is 1. The molecule has 0 amide bonds. The summed E-state index contributed by atoms with van der Waals surface area (Å²) in [5.41, 5.74) is 3.07. The second-order valence-electron chi connectivity index (χ2n) is 4.43. The Bertz CT molecular complexity index is 784. The van der Waals surface area contributed by atoms with Crippen molar-refractivity contribution in [1.29, 1.82) is 0 Å². The van der Waals surface area contributed by atoms with Gasteiger partial charge in [-0.25, -0.2) is 4.98 Å². The van der Waals surface area contributed by atoms with E-state index in [-0.39, 0.29) is 5.75 Å². The summed E-state index contributed by atoms with van der Waals surface area (Å²) < 4.78 is 3.05. The highest BCUT2D eigenvalue weighted by atomic mass is 79.9. The Balaban J connectivity index is 2.04. The standard InChI is InChI=1S/C14H11BrN2O2S2/c15-10-1-2-11-12(5-10)17(6-9-3-4-20-7-9)14(16-11)21-8-13(18)19/h1-5,7H,6,8H2,(H,18,19). The third kappa shape index (κ3) is 3.30. The second-order valence-corrected chi connectivity index (χ2v) is 7.07. The van der Waals surface area contributed by atoms with Gasteiger partial charge in [0.05, 0.1) is 23.3 Å². The fourth-order valence-electron chi connectivity index (χ4n) is 2.03. The molecule has 1 N–H and O–H groups in total. The SMILES string of the molecule is O=C(O)CSc1nc2ccc(Br)cc2n1Cc1ccsc1. The predicted octanol–water partition coefficient (Wildman–Crippen LogP) is 4.09. The molecule has 0 atom stereocenters. The summed E-state index contributed by atoms with van der Waals surface area (Å²) >= 11 is 6.38. The number of nitrogens with zero attached hydrogens (tertiary/aromatic N) is 2. The zero-order valence-electron chi connectivity index (χ0n) is 10.8. The number of rotatable bonds is 5. The number of imidazole rings is 1. The Morgan fingerprint density at radius 3 is 3.00 bits per heavy atom. The molecule has 1 aromatic carbocycles. The summed E-state index contributed by atoms with van der Waals surface area (Å²) in [6.07, 6.45) is 0. The molecular formula is C14H11BrN2O2S2. The maximum atomic E-state index is 10.8. The lowest BCUT2D eigenvalue weighted by atomic mass is 10.3. The second kappa shape index (κ2) is 6.21. The van der Waals surface area contributed by atoms with Gasteiger partial charge in [0.1, 0.15) is 0 Å². The molecule has 0 fully saturated rings. The van der Waals surface area contributed by atoms with Crippen LogP contribution in [-0.2, 0) is 11.3 Å². The van der Waals surface area contributed by atoms with Crippen LogP contribution in [0.15, 0.2) is 44.7 Å². The van der Waals surface area contributed by atoms with E-state index in [4.69, 9.17) is 5.11 Å². The number of benzene rings is 1. The van der Waals surface area contributed by atoms with Crippen molar-refractivity contribution in [2.75, 3.05) is 5.75 Å². The van der Waals surface area contributed by atoms with E-state index in [1.807, 2.05) is 23.6 Å². The van der Waals surface area contributed by atoms with Crippen LogP contribution in [0.3, 0.4) is 0 Å². The van der Waals surface area contributed by atoms with Gasteiger partial charge in [-0.1, -0.05) is 27.7 Å². The van der Waals surface area contributed by atoms with Crippen LogP contribution in [0.1, 0.15) is 5.56 Å². The summed E-state index contributed by atoms with van der Waals surface area (Å²) in [5, 5.41) is 13.7. The van der Waals surface area contributed by atoms with Gasteiger partial charge in [0.15, 0.2) is 5.16 Å². The van der Waals surface area contributed by atoms with Crippen molar-refractivity contribution in [2.45, 2.75) is 11.7 Å². The van der Waals surface area contributed by atoms with Gasteiger partial charge in [-0.2, -0.15) is 11.3 Å². The number of thiophene rings is 1. The molecule has 0 saturated heterocycles. The molecule has 0 saturated carbocycles. The molecular weight excluding hydrogens is 372 g/mol. The quantitative estimate of drug-likeness (QED) is 0.675. The first-order chi connectivity index (χ1) is 10.1. The maximum Gasteiger partial charge on any atom is 0.313 e. The minimum Gasteiger partial charge on any atom is -0.481 e. The third-order valence-electron chi connectivity index (χ3n) is 2.92. The first-order valence-electron chi connectivity index (χ1n) is 6.15. The summed E-state index contributed by atoms with van der Waals surface area (Å²) in [7, 11) is 0. The fraction of sp³-hybridized carbons (Fsp3) is 0.143. The van der Waals surface area contributed by atoms with E-state index in [2.05, 4.69) is 36.9 Å². The topological polar surface area (TPSA) is 55.1 Å². The molecule has 2 heterocycles. The van der Waals surface area contributed by atoms with E-state index < -0.39 is 5.97 Å². The summed E-state index contributed by atoms with van der Waals surface area (Å²) in [5.74, 6) is -0.830. The number of carbonyl (C=O) groups is 1. The van der Waals surface area contributed by atoms with Gasteiger partial charge < -0.3 is 9.67 Å². The Kier molecular flexibility index (Phi) is 4.32. The molecule has 0 aliphatic rings. The van der Waals surface area contributed by atoms with Crippen LogP contribution in [0, 0.1) is 0 Å². The van der Waals surface area contributed by atoms with Crippen LogP contribution in [0.4, 0.5) is 0 Å².